The van der Waals surface area contributed by atoms with E-state index in [9.17, 15) is 19.5 Å². The zero-order valence-corrected chi connectivity index (χ0v) is 15.5. The Morgan fingerprint density at radius 2 is 1.64 bits per heavy atom. The maximum Gasteiger partial charge on any atom is 0.234 e. The van der Waals surface area contributed by atoms with Crippen molar-refractivity contribution in [2.75, 3.05) is 0 Å². The van der Waals surface area contributed by atoms with Gasteiger partial charge in [-0.1, -0.05) is 45.7 Å². The van der Waals surface area contributed by atoms with E-state index >= 15 is 0 Å². The van der Waals surface area contributed by atoms with Crippen LogP contribution in [0.3, 0.4) is 0 Å². The molecule has 1 aliphatic heterocycles. The van der Waals surface area contributed by atoms with E-state index in [1.165, 1.54) is 0 Å². The van der Waals surface area contributed by atoms with Crippen LogP contribution in [0.25, 0.3) is 0 Å². The molecule has 22 heavy (non-hydrogen) atoms. The predicted octanol–water partition coefficient (Wildman–Crippen LogP) is 0.929. The van der Waals surface area contributed by atoms with Gasteiger partial charge in [0, 0.05) is 9.65 Å². The first-order valence-electron chi connectivity index (χ1n) is 7.61. The summed E-state index contributed by atoms with van der Waals surface area (Å²) in [6.07, 6.45) is 1.08. The van der Waals surface area contributed by atoms with Crippen LogP contribution in [0, 0.1) is 29.6 Å². The van der Waals surface area contributed by atoms with Crippen molar-refractivity contribution in [1.82, 2.24) is 4.90 Å². The number of carbonyl (C=O) groups is 3. The molecular weight excluding hydrogens is 418 g/mol. The Morgan fingerprint density at radius 3 is 2.00 bits per heavy atom. The SMILES string of the molecule is CC(C)C[C@@H](C(=O)[O-])N1C(=O)[C@@H]2[C@H]3C[C@H]([C@H](Br)[C@H]3Br)[C@@H]2C1=O. The second kappa shape index (κ2) is 5.58. The number of rotatable bonds is 4. The predicted molar refractivity (Wildman–Crippen MR) is 84.1 cm³/mol. The molecule has 5 nitrogen and oxygen atoms in total. The monoisotopic (exact) mass is 434 g/mol. The molecule has 2 aliphatic carbocycles. The number of likely N-dealkylation sites (tertiary alicyclic amines) is 1. The van der Waals surface area contributed by atoms with Crippen LogP contribution >= 0.6 is 31.9 Å². The minimum Gasteiger partial charge on any atom is -0.548 e. The molecular formula is C15H18Br2NO4-. The fourth-order valence-electron chi connectivity index (χ4n) is 4.43. The molecule has 0 unspecified atom stereocenters. The Kier molecular flexibility index (Phi) is 4.17. The number of hydrogen-bond acceptors (Lipinski definition) is 4. The summed E-state index contributed by atoms with van der Waals surface area (Å²) >= 11 is 7.23. The molecule has 7 atom stereocenters. The highest BCUT2D eigenvalue weighted by Crippen LogP contribution is 2.60. The summed E-state index contributed by atoms with van der Waals surface area (Å²) in [5.41, 5.74) is 0. The minimum absolute atomic E-state index is 0.0634. The van der Waals surface area contributed by atoms with Crippen LogP contribution in [0.1, 0.15) is 26.7 Å². The van der Waals surface area contributed by atoms with Crippen LogP contribution in [-0.2, 0) is 14.4 Å². The van der Waals surface area contributed by atoms with Gasteiger partial charge < -0.3 is 9.90 Å². The lowest BCUT2D eigenvalue weighted by molar-refractivity contribution is -0.311. The Labute approximate surface area is 146 Å². The first kappa shape index (κ1) is 16.4. The van der Waals surface area contributed by atoms with Crippen molar-refractivity contribution in [3.05, 3.63) is 0 Å². The van der Waals surface area contributed by atoms with E-state index in [4.69, 9.17) is 0 Å². The van der Waals surface area contributed by atoms with Crippen molar-refractivity contribution in [2.45, 2.75) is 42.4 Å². The summed E-state index contributed by atoms with van der Waals surface area (Å²) in [7, 11) is 0. The molecule has 122 valence electrons. The van der Waals surface area contributed by atoms with Crippen molar-refractivity contribution in [3.8, 4) is 0 Å². The summed E-state index contributed by atoms with van der Waals surface area (Å²) in [5.74, 6) is -2.46. The van der Waals surface area contributed by atoms with Crippen molar-refractivity contribution in [3.63, 3.8) is 0 Å². The van der Waals surface area contributed by atoms with Gasteiger partial charge in [-0.05, 0) is 30.6 Å². The van der Waals surface area contributed by atoms with E-state index in [0.717, 1.165) is 11.3 Å². The topological polar surface area (TPSA) is 77.5 Å². The molecule has 1 heterocycles. The second-order valence-electron chi connectivity index (χ2n) is 7.01. The number of nitrogens with zero attached hydrogens (tertiary/aromatic N) is 1. The number of carbonyl (C=O) groups excluding carboxylic acids is 3. The lowest BCUT2D eigenvalue weighted by atomic mass is 9.81. The second-order valence-corrected chi connectivity index (χ2v) is 9.13. The van der Waals surface area contributed by atoms with Gasteiger partial charge in [0.05, 0.1) is 23.8 Å². The number of carboxylic acids is 1. The van der Waals surface area contributed by atoms with E-state index in [2.05, 4.69) is 31.9 Å². The average Bonchev–Trinajstić information content (AvgIpc) is 3.02. The smallest absolute Gasteiger partial charge is 0.234 e. The van der Waals surface area contributed by atoms with Crippen molar-refractivity contribution in [2.24, 2.45) is 29.6 Å². The Hall–Kier alpha value is -0.430. The Morgan fingerprint density at radius 1 is 1.18 bits per heavy atom. The van der Waals surface area contributed by atoms with Crippen LogP contribution in [0.4, 0.5) is 0 Å². The Bertz CT molecular complexity index is 506. The molecule has 2 amide bonds. The van der Waals surface area contributed by atoms with Crippen LogP contribution in [0.5, 0.6) is 0 Å². The standard InChI is InChI=1S/C15H19Br2NO4/c1-5(2)3-8(15(21)22)18-13(19)9-6-4-7(10(9)14(18)20)12(17)11(6)16/h5-12H,3-4H2,1-2H3,(H,21,22)/p-1/t6-,7+,8-,9-,10+,11-,12-/m0/s1. The number of imide groups is 1. The fourth-order valence-corrected chi connectivity index (χ4v) is 6.31. The molecule has 2 saturated carbocycles. The zero-order chi connectivity index (χ0) is 16.3. The van der Waals surface area contributed by atoms with Crippen LogP contribution in [-0.4, -0.2) is 38.4 Å². The van der Waals surface area contributed by atoms with Gasteiger partial charge in [-0.25, -0.2) is 0 Å². The number of carboxylic acid groups (broad SMARTS) is 1. The van der Waals surface area contributed by atoms with Gasteiger partial charge in [0.25, 0.3) is 0 Å². The number of hydrogen-bond donors (Lipinski definition) is 0. The molecule has 3 fully saturated rings. The number of aliphatic carboxylic acids is 1. The van der Waals surface area contributed by atoms with Gasteiger partial charge in [-0.3, -0.25) is 14.5 Å². The lowest BCUT2D eigenvalue weighted by Crippen LogP contribution is -2.52. The Balaban J connectivity index is 1.92. The number of fused-ring (bicyclic) bond motifs is 5. The minimum atomic E-state index is -1.34. The molecule has 0 spiro atoms. The molecule has 0 aromatic rings. The number of halogens is 2. The molecule has 2 bridgehead atoms. The summed E-state index contributed by atoms with van der Waals surface area (Å²) in [6, 6.07) is -1.15. The molecule has 3 rings (SSSR count). The average molecular weight is 436 g/mol. The van der Waals surface area contributed by atoms with Crippen molar-refractivity contribution >= 4 is 49.6 Å². The summed E-state index contributed by atoms with van der Waals surface area (Å²) < 4.78 is 0. The fraction of sp³-hybridized carbons (Fsp3) is 0.800. The van der Waals surface area contributed by atoms with Crippen LogP contribution in [0.15, 0.2) is 0 Å². The lowest BCUT2D eigenvalue weighted by Gasteiger charge is -2.29. The summed E-state index contributed by atoms with van der Waals surface area (Å²) in [5, 5.41) is 11.5. The highest BCUT2D eigenvalue weighted by molar-refractivity contribution is 9.12. The molecule has 1 saturated heterocycles. The molecule has 7 heteroatoms. The normalized spacial score (nSPS) is 41.4. The summed E-state index contributed by atoms with van der Waals surface area (Å²) in [6.45, 7) is 3.74. The third kappa shape index (κ3) is 2.19. The molecule has 3 aliphatic rings. The van der Waals surface area contributed by atoms with E-state index in [0.29, 0.717) is 0 Å². The first-order chi connectivity index (χ1) is 10.3. The van der Waals surface area contributed by atoms with E-state index in [1.54, 1.807) is 0 Å². The van der Waals surface area contributed by atoms with Crippen molar-refractivity contribution < 1.29 is 19.5 Å². The van der Waals surface area contributed by atoms with Gasteiger partial charge in [-0.15, -0.1) is 0 Å². The zero-order valence-electron chi connectivity index (χ0n) is 12.4. The maximum absolute atomic E-state index is 12.7. The van der Waals surface area contributed by atoms with Gasteiger partial charge in [0.15, 0.2) is 0 Å². The third-order valence-corrected chi connectivity index (χ3v) is 8.51. The molecule has 0 N–H and O–H groups in total. The number of amides is 2. The van der Waals surface area contributed by atoms with E-state index in [1.807, 2.05) is 13.8 Å². The van der Waals surface area contributed by atoms with Gasteiger partial charge in [0.1, 0.15) is 0 Å². The third-order valence-electron chi connectivity index (χ3n) is 5.30. The van der Waals surface area contributed by atoms with Crippen LogP contribution in [0.2, 0.25) is 0 Å². The van der Waals surface area contributed by atoms with Crippen LogP contribution < -0.4 is 5.11 Å². The van der Waals surface area contributed by atoms with Gasteiger partial charge >= 0.3 is 0 Å². The van der Waals surface area contributed by atoms with E-state index < -0.39 is 12.0 Å². The largest absolute Gasteiger partial charge is 0.548 e. The highest BCUT2D eigenvalue weighted by atomic mass is 79.9. The first-order valence-corrected chi connectivity index (χ1v) is 9.44. The molecule has 0 aromatic heterocycles. The number of alkyl halides is 2. The molecule has 0 radical (unpaired) electrons. The maximum atomic E-state index is 12.7. The summed E-state index contributed by atoms with van der Waals surface area (Å²) in [4.78, 5) is 38.3. The van der Waals surface area contributed by atoms with Gasteiger partial charge in [-0.2, -0.15) is 0 Å². The quantitative estimate of drug-likeness (QED) is 0.486. The van der Waals surface area contributed by atoms with E-state index in [-0.39, 0.29) is 57.5 Å². The highest BCUT2D eigenvalue weighted by Gasteiger charge is 2.67. The van der Waals surface area contributed by atoms with Crippen molar-refractivity contribution in [1.29, 1.82) is 0 Å². The van der Waals surface area contributed by atoms with Gasteiger partial charge in [0.2, 0.25) is 11.8 Å². The molecule has 0 aromatic carbocycles.